The van der Waals surface area contributed by atoms with Gasteiger partial charge in [0.25, 0.3) is 0 Å². The van der Waals surface area contributed by atoms with Crippen LogP contribution in [-0.2, 0) is 9.47 Å². The summed E-state index contributed by atoms with van der Waals surface area (Å²) in [5.74, 6) is -0.611. The lowest BCUT2D eigenvalue weighted by atomic mass is 10.1. The minimum Gasteiger partial charge on any atom is -0.353 e. The molecule has 122 valence electrons. The van der Waals surface area contributed by atoms with Crippen LogP contribution in [0.1, 0.15) is 53.9 Å². The van der Waals surface area contributed by atoms with Crippen LogP contribution in [0, 0.1) is 0 Å². The van der Waals surface area contributed by atoms with Crippen LogP contribution < -0.4 is 0 Å². The molecule has 0 aromatic heterocycles. The third kappa shape index (κ3) is 5.55. The summed E-state index contributed by atoms with van der Waals surface area (Å²) >= 11 is 0. The fourth-order valence-corrected chi connectivity index (χ4v) is 5.06. The first-order chi connectivity index (χ1) is 9.15. The van der Waals surface area contributed by atoms with Gasteiger partial charge in [0.1, 0.15) is 6.16 Å². The molecule has 0 atom stereocenters. The Kier molecular flexibility index (Phi) is 8.72. The fraction of sp³-hybridized carbons (Fsp3) is 1.00. The summed E-state index contributed by atoms with van der Waals surface area (Å²) in [4.78, 5) is 20.9. The van der Waals surface area contributed by atoms with Gasteiger partial charge in [-0.3, -0.25) is 0 Å². The maximum atomic E-state index is 10.4. The predicted molar refractivity (Wildman–Crippen MR) is 84.6 cm³/mol. The van der Waals surface area contributed by atoms with Gasteiger partial charge in [-0.25, -0.2) is 9.79 Å². The molecule has 6 heteroatoms. The van der Waals surface area contributed by atoms with Gasteiger partial charge in [0.15, 0.2) is 5.79 Å². The van der Waals surface area contributed by atoms with Gasteiger partial charge in [0.05, 0.1) is 0 Å². The van der Waals surface area contributed by atoms with E-state index < -0.39 is 13.7 Å². The van der Waals surface area contributed by atoms with Crippen LogP contribution in [-0.4, -0.2) is 52.7 Å². The van der Waals surface area contributed by atoms with Crippen molar-refractivity contribution in [2.24, 2.45) is 0 Å². The summed E-state index contributed by atoms with van der Waals surface area (Å²) in [6, 6.07) is 0.221. The number of rotatable bonds is 10. The first kappa shape index (κ1) is 20.2. The van der Waals surface area contributed by atoms with E-state index in [1.807, 2.05) is 39.3 Å². The van der Waals surface area contributed by atoms with Crippen molar-refractivity contribution in [3.63, 3.8) is 0 Å². The topological polar surface area (TPSA) is 62.2 Å². The van der Waals surface area contributed by atoms with Gasteiger partial charge >= 0.3 is 7.87 Å². The lowest BCUT2D eigenvalue weighted by Gasteiger charge is -2.33. The quantitative estimate of drug-likeness (QED) is 0.480. The van der Waals surface area contributed by atoms with Gasteiger partial charge in [-0.05, 0) is 40.5 Å². The molecular weight excluding hydrogens is 277 g/mol. The van der Waals surface area contributed by atoms with Gasteiger partial charge in [-0.1, -0.05) is 6.92 Å². The average Bonchev–Trinajstić information content (AvgIpc) is 2.33. The van der Waals surface area contributed by atoms with Crippen molar-refractivity contribution in [1.29, 1.82) is 0 Å². The van der Waals surface area contributed by atoms with Crippen molar-refractivity contribution in [2.75, 3.05) is 20.4 Å². The maximum absolute atomic E-state index is 10.4. The summed E-state index contributed by atoms with van der Waals surface area (Å²) in [5, 5.41) is 0. The van der Waals surface area contributed by atoms with Crippen molar-refractivity contribution >= 4 is 7.87 Å². The molecule has 0 saturated carbocycles. The normalized spacial score (nSPS) is 13.8. The summed E-state index contributed by atoms with van der Waals surface area (Å²) in [6.45, 7) is 9.95. The molecule has 0 aromatic carbocycles. The fourth-order valence-electron chi connectivity index (χ4n) is 2.76. The zero-order chi connectivity index (χ0) is 16.0. The summed E-state index contributed by atoms with van der Waals surface area (Å²) in [7, 11) is 0.193. The molecule has 0 aromatic rings. The highest BCUT2D eigenvalue weighted by Gasteiger charge is 2.45. The largest absolute Gasteiger partial charge is 0.353 e. The SMILES string of the molecule is CCC(CCC[P+](O)(O)N(C(C)C)C(C)C)(OC)OC. The van der Waals surface area contributed by atoms with Crippen LogP contribution >= 0.6 is 7.87 Å². The van der Waals surface area contributed by atoms with E-state index in [1.54, 1.807) is 14.2 Å². The molecule has 0 aliphatic rings. The Morgan fingerprint density at radius 1 is 1.05 bits per heavy atom. The Balaban J connectivity index is 4.62. The van der Waals surface area contributed by atoms with E-state index in [0.717, 1.165) is 6.42 Å². The lowest BCUT2D eigenvalue weighted by Crippen LogP contribution is -2.38. The van der Waals surface area contributed by atoms with Crippen LogP contribution in [0.2, 0.25) is 0 Å². The Morgan fingerprint density at radius 3 is 1.80 bits per heavy atom. The molecule has 0 aliphatic heterocycles. The van der Waals surface area contributed by atoms with Crippen molar-refractivity contribution in [3.8, 4) is 0 Å². The second kappa shape index (κ2) is 8.62. The number of hydrogen-bond acceptors (Lipinski definition) is 5. The van der Waals surface area contributed by atoms with Crippen LogP contribution in [0.25, 0.3) is 0 Å². The summed E-state index contributed by atoms with van der Waals surface area (Å²) < 4.78 is 12.7. The van der Waals surface area contributed by atoms with E-state index >= 15 is 0 Å². The molecule has 5 nitrogen and oxygen atoms in total. The van der Waals surface area contributed by atoms with Crippen LogP contribution in [0.15, 0.2) is 0 Å². The number of ether oxygens (including phenoxy) is 2. The highest BCUT2D eigenvalue weighted by Crippen LogP contribution is 2.56. The van der Waals surface area contributed by atoms with Crippen LogP contribution in [0.4, 0.5) is 0 Å². The van der Waals surface area contributed by atoms with Gasteiger partial charge in [-0.15, -0.1) is 4.67 Å². The molecule has 0 spiro atoms. The van der Waals surface area contributed by atoms with E-state index in [1.165, 1.54) is 0 Å². The first-order valence-electron chi connectivity index (χ1n) is 7.38. The predicted octanol–water partition coefficient (Wildman–Crippen LogP) is 3.03. The Bertz CT molecular complexity index is 252. The molecule has 2 N–H and O–H groups in total. The third-order valence-corrected chi connectivity index (χ3v) is 6.31. The smallest absolute Gasteiger partial charge is 0.342 e. The van der Waals surface area contributed by atoms with Gasteiger partial charge in [-0.2, -0.15) is 0 Å². The summed E-state index contributed by atoms with van der Waals surface area (Å²) in [5.41, 5.74) is 0. The van der Waals surface area contributed by atoms with Crippen LogP contribution in [0.3, 0.4) is 0 Å². The zero-order valence-corrected chi connectivity index (χ0v) is 15.0. The monoisotopic (exact) mass is 310 g/mol. The standard InChI is InChI=1S/C14H33NO4P/c1-8-14(18-6,19-7)10-9-11-20(16,17)15(12(2)3)13(4)5/h12-13,16-17H,8-11H2,1-7H3/q+1. The summed E-state index contributed by atoms with van der Waals surface area (Å²) in [6.07, 6.45) is 2.42. The van der Waals surface area contributed by atoms with E-state index in [-0.39, 0.29) is 12.1 Å². The minimum absolute atomic E-state index is 0.110. The zero-order valence-electron chi connectivity index (χ0n) is 14.1. The van der Waals surface area contributed by atoms with Gasteiger partial charge < -0.3 is 9.47 Å². The van der Waals surface area contributed by atoms with Crippen molar-refractivity contribution in [1.82, 2.24) is 4.67 Å². The molecule has 0 amide bonds. The van der Waals surface area contributed by atoms with Gasteiger partial charge in [0.2, 0.25) is 0 Å². The molecule has 0 aliphatic carbocycles. The molecule has 0 heterocycles. The van der Waals surface area contributed by atoms with Crippen molar-refractivity contribution in [2.45, 2.75) is 71.8 Å². The maximum Gasteiger partial charge on any atom is 0.342 e. The van der Waals surface area contributed by atoms with E-state index in [0.29, 0.717) is 19.0 Å². The Morgan fingerprint density at radius 2 is 1.50 bits per heavy atom. The number of nitrogens with zero attached hydrogens (tertiary/aromatic N) is 1. The molecule has 0 radical (unpaired) electrons. The highest BCUT2D eigenvalue weighted by atomic mass is 31.2. The van der Waals surface area contributed by atoms with E-state index in [4.69, 9.17) is 9.47 Å². The molecule has 0 fully saturated rings. The minimum atomic E-state index is -3.06. The van der Waals surface area contributed by atoms with E-state index in [2.05, 4.69) is 0 Å². The second-order valence-corrected chi connectivity index (χ2v) is 8.05. The second-order valence-electron chi connectivity index (χ2n) is 5.76. The van der Waals surface area contributed by atoms with Crippen molar-refractivity contribution in [3.05, 3.63) is 0 Å². The Labute approximate surface area is 124 Å². The van der Waals surface area contributed by atoms with Crippen LogP contribution in [0.5, 0.6) is 0 Å². The van der Waals surface area contributed by atoms with Crippen molar-refractivity contribution < 1.29 is 19.3 Å². The Hall–Kier alpha value is 0.230. The molecule has 0 rings (SSSR count). The molecule has 0 bridgehead atoms. The average molecular weight is 310 g/mol. The molecule has 0 unspecified atom stereocenters. The lowest BCUT2D eigenvalue weighted by molar-refractivity contribution is -0.212. The first-order valence-corrected chi connectivity index (χ1v) is 9.21. The molecular formula is C14H33NO4P+. The van der Waals surface area contributed by atoms with E-state index in [9.17, 15) is 9.79 Å². The van der Waals surface area contributed by atoms with Gasteiger partial charge in [0, 0.05) is 32.7 Å². The number of hydrogen-bond donors (Lipinski definition) is 2. The highest BCUT2D eigenvalue weighted by molar-refractivity contribution is 7.62. The number of methoxy groups -OCH3 is 2. The molecule has 0 saturated heterocycles. The third-order valence-electron chi connectivity index (χ3n) is 3.73. The molecule has 20 heavy (non-hydrogen) atoms.